The van der Waals surface area contributed by atoms with E-state index >= 15 is 0 Å². The number of benzene rings is 2. The van der Waals surface area contributed by atoms with Crippen LogP contribution >= 0.6 is 22.0 Å². The molecule has 102 valence electrons. The van der Waals surface area contributed by atoms with Gasteiger partial charge in [-0.05, 0) is 35.6 Å². The summed E-state index contributed by atoms with van der Waals surface area (Å²) in [6.45, 7) is 0. The van der Waals surface area contributed by atoms with Gasteiger partial charge >= 0.3 is 0 Å². The van der Waals surface area contributed by atoms with Crippen molar-refractivity contribution < 1.29 is 0 Å². The predicted octanol–water partition coefficient (Wildman–Crippen LogP) is 4.74. The van der Waals surface area contributed by atoms with Gasteiger partial charge in [0.1, 0.15) is 0 Å². The molecule has 0 saturated heterocycles. The molecular formula is C17H16BrPS. The van der Waals surface area contributed by atoms with Gasteiger partial charge in [-0.2, -0.15) is 0 Å². The lowest BCUT2D eigenvalue weighted by Crippen LogP contribution is -2.16. The minimum Gasteiger partial charge on any atom is -0.0916 e. The van der Waals surface area contributed by atoms with Crippen molar-refractivity contribution in [3.8, 4) is 0 Å². The van der Waals surface area contributed by atoms with Gasteiger partial charge < -0.3 is 0 Å². The summed E-state index contributed by atoms with van der Waals surface area (Å²) in [7, 11) is 0. The number of hydrogen-bond acceptors (Lipinski definition) is 1. The molecular weight excluding hydrogens is 347 g/mol. The molecule has 1 heterocycles. The lowest BCUT2D eigenvalue weighted by Gasteiger charge is -2.25. The second-order valence-corrected chi connectivity index (χ2v) is 11.0. The Morgan fingerprint density at radius 1 is 1.05 bits per heavy atom. The van der Waals surface area contributed by atoms with Crippen molar-refractivity contribution in [2.75, 3.05) is 6.16 Å². The van der Waals surface area contributed by atoms with E-state index in [0.717, 1.165) is 12.6 Å². The Hall–Kier alpha value is -0.690. The van der Waals surface area contributed by atoms with Gasteiger partial charge in [-0.25, -0.2) is 0 Å². The Balaban J connectivity index is 1.92. The van der Waals surface area contributed by atoms with Gasteiger partial charge in [-0.3, -0.25) is 0 Å². The van der Waals surface area contributed by atoms with E-state index in [-0.39, 0.29) is 0 Å². The molecule has 0 radical (unpaired) electrons. The normalized spacial score (nSPS) is 24.9. The zero-order valence-corrected chi connectivity index (χ0v) is 14.4. The van der Waals surface area contributed by atoms with Crippen molar-refractivity contribution in [1.29, 1.82) is 0 Å². The van der Waals surface area contributed by atoms with Crippen LogP contribution in [0, 0.1) is 0 Å². The van der Waals surface area contributed by atoms with Crippen molar-refractivity contribution >= 4 is 39.1 Å². The molecule has 0 amide bonds. The summed E-state index contributed by atoms with van der Waals surface area (Å²) in [5, 5.41) is 1.37. The van der Waals surface area contributed by atoms with Gasteiger partial charge in [0.25, 0.3) is 0 Å². The smallest absolute Gasteiger partial charge is 0.0207 e. The monoisotopic (exact) mass is 362 g/mol. The Morgan fingerprint density at radius 3 is 2.50 bits per heavy atom. The van der Waals surface area contributed by atoms with E-state index in [1.54, 1.807) is 0 Å². The highest BCUT2D eigenvalue weighted by Crippen LogP contribution is 2.55. The number of halogens is 1. The molecule has 1 aliphatic heterocycles. The summed E-state index contributed by atoms with van der Waals surface area (Å²) in [5.74, 6) is 0. The third kappa shape index (κ3) is 2.70. The standard InChI is InChI=1S/C17H16BrPS/c18-17-11-5-4-7-14(17)13-16-10-6-12-19(16,20)15-8-2-1-3-9-15/h1-11,16H,12-13H2/t16-,19+/m0/s1. The summed E-state index contributed by atoms with van der Waals surface area (Å²) in [4.78, 5) is 0. The van der Waals surface area contributed by atoms with Crippen molar-refractivity contribution in [3.63, 3.8) is 0 Å². The first-order valence-corrected chi connectivity index (χ1v) is 10.6. The zero-order valence-electron chi connectivity index (χ0n) is 11.1. The molecule has 0 bridgehead atoms. The molecule has 0 unspecified atom stereocenters. The molecule has 1 aliphatic rings. The first-order valence-electron chi connectivity index (χ1n) is 6.74. The summed E-state index contributed by atoms with van der Waals surface area (Å²) in [6, 6.07) is 17.7. The molecule has 0 N–H and O–H groups in total. The molecule has 3 rings (SSSR count). The van der Waals surface area contributed by atoms with Crippen molar-refractivity contribution in [2.45, 2.75) is 12.1 Å². The van der Waals surface area contributed by atoms with Crippen LogP contribution in [0.2, 0.25) is 0 Å². The molecule has 0 spiro atoms. The average Bonchev–Trinajstić information content (AvgIpc) is 2.85. The number of hydrogen-bond donors (Lipinski definition) is 0. The number of allylic oxidation sites excluding steroid dienone is 2. The number of rotatable bonds is 3. The second kappa shape index (κ2) is 5.97. The maximum Gasteiger partial charge on any atom is 0.0207 e. The molecule has 0 aromatic heterocycles. The zero-order chi connectivity index (χ0) is 14.0. The summed E-state index contributed by atoms with van der Waals surface area (Å²) >= 11 is 9.78. The average molecular weight is 363 g/mol. The maximum absolute atomic E-state index is 6.13. The summed E-state index contributed by atoms with van der Waals surface area (Å²) in [5.41, 5.74) is 1.84. The Kier molecular flexibility index (Phi) is 4.26. The van der Waals surface area contributed by atoms with Gasteiger partial charge in [0, 0.05) is 10.1 Å². The minimum absolute atomic E-state index is 0.485. The quantitative estimate of drug-likeness (QED) is 0.561. The van der Waals surface area contributed by atoms with Gasteiger partial charge in [-0.1, -0.05) is 88.4 Å². The molecule has 2 aromatic carbocycles. The maximum atomic E-state index is 6.13. The highest BCUT2D eigenvalue weighted by atomic mass is 79.9. The molecule has 20 heavy (non-hydrogen) atoms. The molecule has 0 fully saturated rings. The Labute approximate surface area is 134 Å². The van der Waals surface area contributed by atoms with Crippen LogP contribution in [0.3, 0.4) is 0 Å². The Morgan fingerprint density at radius 2 is 1.75 bits per heavy atom. The van der Waals surface area contributed by atoms with Crippen LogP contribution < -0.4 is 5.30 Å². The van der Waals surface area contributed by atoms with Crippen LogP contribution in [0.15, 0.2) is 71.2 Å². The lowest BCUT2D eigenvalue weighted by molar-refractivity contribution is 1.01. The fraction of sp³-hybridized carbons (Fsp3) is 0.176. The van der Waals surface area contributed by atoms with Crippen molar-refractivity contribution in [2.24, 2.45) is 0 Å². The van der Waals surface area contributed by atoms with Crippen LogP contribution in [0.5, 0.6) is 0 Å². The third-order valence-corrected chi connectivity index (χ3v) is 9.87. The first kappa shape index (κ1) is 14.3. The van der Waals surface area contributed by atoms with Crippen LogP contribution in [0.25, 0.3) is 0 Å². The fourth-order valence-electron chi connectivity index (χ4n) is 2.73. The fourth-order valence-corrected chi connectivity index (χ4v) is 7.10. The highest BCUT2D eigenvalue weighted by Gasteiger charge is 2.31. The van der Waals surface area contributed by atoms with Crippen molar-refractivity contribution in [3.05, 3.63) is 76.8 Å². The third-order valence-electron chi connectivity index (χ3n) is 3.85. The molecule has 0 nitrogen and oxygen atoms in total. The SMILES string of the molecule is S=[P@@]1(c2ccccc2)CC=C[C@H]1Cc1ccccc1Br. The van der Waals surface area contributed by atoms with E-state index < -0.39 is 6.04 Å². The van der Waals surface area contributed by atoms with Gasteiger partial charge in [0.15, 0.2) is 0 Å². The van der Waals surface area contributed by atoms with E-state index in [0.29, 0.717) is 5.66 Å². The summed E-state index contributed by atoms with van der Waals surface area (Å²) < 4.78 is 1.19. The van der Waals surface area contributed by atoms with E-state index in [4.69, 9.17) is 11.8 Å². The van der Waals surface area contributed by atoms with E-state index in [2.05, 4.69) is 82.7 Å². The molecule has 2 atom stereocenters. The van der Waals surface area contributed by atoms with Crippen LogP contribution in [-0.4, -0.2) is 11.8 Å². The topological polar surface area (TPSA) is 0 Å². The molecule has 0 aliphatic carbocycles. The van der Waals surface area contributed by atoms with Gasteiger partial charge in [-0.15, -0.1) is 0 Å². The van der Waals surface area contributed by atoms with E-state index in [9.17, 15) is 0 Å². The van der Waals surface area contributed by atoms with E-state index in [1.807, 2.05) is 0 Å². The Bertz CT molecular complexity index is 678. The first-order chi connectivity index (χ1) is 9.70. The molecule has 2 aromatic rings. The highest BCUT2D eigenvalue weighted by molar-refractivity contribution is 9.10. The van der Waals surface area contributed by atoms with E-state index in [1.165, 1.54) is 15.3 Å². The molecule has 3 heteroatoms. The lowest BCUT2D eigenvalue weighted by atomic mass is 10.1. The second-order valence-electron chi connectivity index (χ2n) is 5.10. The summed E-state index contributed by atoms with van der Waals surface area (Å²) in [6.07, 6.45) is 6.72. The minimum atomic E-state index is -1.52. The largest absolute Gasteiger partial charge is 0.0916 e. The van der Waals surface area contributed by atoms with Crippen LogP contribution in [0.4, 0.5) is 0 Å². The van der Waals surface area contributed by atoms with Gasteiger partial charge in [0.05, 0.1) is 0 Å². The van der Waals surface area contributed by atoms with Gasteiger partial charge in [0.2, 0.25) is 0 Å². The predicted molar refractivity (Wildman–Crippen MR) is 96.0 cm³/mol. The van der Waals surface area contributed by atoms with Crippen molar-refractivity contribution in [1.82, 2.24) is 0 Å². The molecule has 0 saturated carbocycles. The van der Waals surface area contributed by atoms with Crippen LogP contribution in [0.1, 0.15) is 5.56 Å². The van der Waals surface area contributed by atoms with Crippen LogP contribution in [-0.2, 0) is 18.2 Å².